The molecule has 1 aromatic rings. The highest BCUT2D eigenvalue weighted by molar-refractivity contribution is 8.00. The van der Waals surface area contributed by atoms with Crippen LogP contribution in [0.2, 0.25) is 0 Å². The van der Waals surface area contributed by atoms with Crippen LogP contribution in [0.1, 0.15) is 37.7 Å². The first-order valence-corrected chi connectivity index (χ1v) is 11.0. The van der Waals surface area contributed by atoms with Crippen molar-refractivity contribution in [2.45, 2.75) is 45.1 Å². The lowest BCUT2D eigenvalue weighted by atomic mass is 9.94. The number of hydrogen-bond acceptors (Lipinski definition) is 6. The first-order valence-electron chi connectivity index (χ1n) is 9.84. The van der Waals surface area contributed by atoms with Gasteiger partial charge in [0.1, 0.15) is 5.75 Å². The highest BCUT2D eigenvalue weighted by Crippen LogP contribution is 2.25. The first-order chi connectivity index (χ1) is 13.9. The van der Waals surface area contributed by atoms with Crippen LogP contribution in [0.15, 0.2) is 18.2 Å². The van der Waals surface area contributed by atoms with Gasteiger partial charge >= 0.3 is 5.97 Å². The molecule has 0 radical (unpaired) electrons. The number of anilines is 1. The van der Waals surface area contributed by atoms with Gasteiger partial charge in [-0.15, -0.1) is 11.8 Å². The highest BCUT2D eigenvalue weighted by Gasteiger charge is 2.22. The average molecular weight is 423 g/mol. The van der Waals surface area contributed by atoms with Crippen LogP contribution in [-0.2, 0) is 19.1 Å². The Hall–Kier alpha value is -2.22. The van der Waals surface area contributed by atoms with Crippen LogP contribution in [0.25, 0.3) is 0 Å². The van der Waals surface area contributed by atoms with Gasteiger partial charge in [0, 0.05) is 13.1 Å². The molecule has 0 spiro atoms. The van der Waals surface area contributed by atoms with Gasteiger partial charge in [-0.3, -0.25) is 14.4 Å². The van der Waals surface area contributed by atoms with Crippen LogP contribution in [0.4, 0.5) is 5.69 Å². The van der Waals surface area contributed by atoms with Gasteiger partial charge in [-0.05, 0) is 37.5 Å². The fourth-order valence-electron chi connectivity index (χ4n) is 3.29. The monoisotopic (exact) mass is 422 g/mol. The van der Waals surface area contributed by atoms with E-state index in [0.29, 0.717) is 17.5 Å². The molecule has 7 nitrogen and oxygen atoms in total. The predicted molar refractivity (Wildman–Crippen MR) is 114 cm³/mol. The lowest BCUT2D eigenvalue weighted by Crippen LogP contribution is -2.39. The zero-order valence-corrected chi connectivity index (χ0v) is 18.2. The van der Waals surface area contributed by atoms with Crippen LogP contribution < -0.4 is 10.1 Å². The van der Waals surface area contributed by atoms with Crippen LogP contribution in [0.5, 0.6) is 5.75 Å². The van der Waals surface area contributed by atoms with Gasteiger partial charge in [-0.25, -0.2) is 0 Å². The van der Waals surface area contributed by atoms with Crippen molar-refractivity contribution >= 4 is 35.2 Å². The van der Waals surface area contributed by atoms with Crippen molar-refractivity contribution in [3.63, 3.8) is 0 Å². The van der Waals surface area contributed by atoms with E-state index in [-0.39, 0.29) is 24.0 Å². The van der Waals surface area contributed by atoms with E-state index in [1.807, 2.05) is 20.0 Å². The first kappa shape index (κ1) is 23.1. The molecular weight excluding hydrogens is 392 g/mol. The molecule has 1 aromatic carbocycles. The Bertz CT molecular complexity index is 719. The summed E-state index contributed by atoms with van der Waals surface area (Å²) in [7, 11) is 3.35. The van der Waals surface area contributed by atoms with E-state index in [2.05, 4.69) is 5.32 Å². The molecule has 2 amide bonds. The van der Waals surface area contributed by atoms with Crippen molar-refractivity contribution in [3.05, 3.63) is 23.8 Å². The van der Waals surface area contributed by atoms with Crippen LogP contribution in [-0.4, -0.2) is 61.0 Å². The summed E-state index contributed by atoms with van der Waals surface area (Å²) >= 11 is 1.21. The van der Waals surface area contributed by atoms with Gasteiger partial charge in [0.05, 0.1) is 24.3 Å². The molecule has 1 aliphatic carbocycles. The summed E-state index contributed by atoms with van der Waals surface area (Å²) in [6.07, 6.45) is 5.67. The number of carbonyl (C=O) groups excluding carboxylic acids is 3. The molecular formula is C21H30N2O5S. The second kappa shape index (κ2) is 11.7. The van der Waals surface area contributed by atoms with Crippen molar-refractivity contribution in [2.75, 3.05) is 37.6 Å². The Kier molecular flexibility index (Phi) is 9.31. The lowest BCUT2D eigenvalue weighted by molar-refractivity contribution is -0.144. The van der Waals surface area contributed by atoms with E-state index in [1.54, 1.807) is 17.0 Å². The molecule has 0 heterocycles. The Balaban J connectivity index is 1.67. The third kappa shape index (κ3) is 7.61. The summed E-state index contributed by atoms with van der Waals surface area (Å²) in [5.41, 5.74) is 1.50. The van der Waals surface area contributed by atoms with Crippen molar-refractivity contribution in [1.82, 2.24) is 4.90 Å². The number of hydrogen-bond donors (Lipinski definition) is 1. The zero-order valence-electron chi connectivity index (χ0n) is 17.4. The van der Waals surface area contributed by atoms with Crippen molar-refractivity contribution in [1.29, 1.82) is 0 Å². The number of thioether (sulfide) groups is 1. The number of carbonyl (C=O) groups is 3. The van der Waals surface area contributed by atoms with E-state index in [1.165, 1.54) is 25.3 Å². The molecule has 160 valence electrons. The molecule has 2 rings (SSSR count). The zero-order chi connectivity index (χ0) is 21.2. The molecule has 0 aliphatic heterocycles. The topological polar surface area (TPSA) is 84.9 Å². The second-order valence-electron chi connectivity index (χ2n) is 7.20. The molecule has 0 saturated heterocycles. The summed E-state index contributed by atoms with van der Waals surface area (Å²) < 4.78 is 10.2. The molecule has 8 heteroatoms. The maximum absolute atomic E-state index is 12.3. The minimum atomic E-state index is -0.519. The number of ether oxygens (including phenoxy) is 2. The molecule has 29 heavy (non-hydrogen) atoms. The summed E-state index contributed by atoms with van der Waals surface area (Å²) in [5.74, 6) is -0.139. The molecule has 1 N–H and O–H groups in total. The van der Waals surface area contributed by atoms with Crippen molar-refractivity contribution < 1.29 is 23.9 Å². The van der Waals surface area contributed by atoms with Gasteiger partial charge in [0.25, 0.3) is 5.91 Å². The number of amides is 2. The molecule has 0 unspecified atom stereocenters. The SMILES string of the molecule is COc1ccc(C)cc1NC(=O)COC(=O)CSCC(=O)N(C)C1CCCCC1. The molecule has 1 fully saturated rings. The largest absolute Gasteiger partial charge is 0.495 e. The van der Waals surface area contributed by atoms with Gasteiger partial charge in [-0.1, -0.05) is 25.3 Å². The van der Waals surface area contributed by atoms with E-state index >= 15 is 0 Å². The van der Waals surface area contributed by atoms with Crippen LogP contribution in [0.3, 0.4) is 0 Å². The Morgan fingerprint density at radius 2 is 1.90 bits per heavy atom. The number of nitrogens with zero attached hydrogens (tertiary/aromatic N) is 1. The molecule has 0 aromatic heterocycles. The number of benzene rings is 1. The Morgan fingerprint density at radius 3 is 2.59 bits per heavy atom. The van der Waals surface area contributed by atoms with Crippen molar-refractivity contribution in [3.8, 4) is 5.75 Å². The van der Waals surface area contributed by atoms with Gasteiger partial charge in [-0.2, -0.15) is 0 Å². The number of esters is 1. The van der Waals surface area contributed by atoms with Crippen LogP contribution >= 0.6 is 11.8 Å². The third-order valence-corrected chi connectivity index (χ3v) is 5.85. The third-order valence-electron chi connectivity index (χ3n) is 4.95. The summed E-state index contributed by atoms with van der Waals surface area (Å²) in [6.45, 7) is 1.52. The fourth-order valence-corrected chi connectivity index (χ4v) is 4.02. The number of nitrogens with one attached hydrogen (secondary N) is 1. The maximum atomic E-state index is 12.3. The number of rotatable bonds is 9. The lowest BCUT2D eigenvalue weighted by Gasteiger charge is -2.31. The fraction of sp³-hybridized carbons (Fsp3) is 0.571. The summed E-state index contributed by atoms with van der Waals surface area (Å²) in [4.78, 5) is 38.0. The average Bonchev–Trinajstić information content (AvgIpc) is 2.72. The van der Waals surface area contributed by atoms with E-state index in [4.69, 9.17) is 9.47 Å². The van der Waals surface area contributed by atoms with Crippen LogP contribution in [0, 0.1) is 6.92 Å². The van der Waals surface area contributed by atoms with E-state index in [0.717, 1.165) is 31.2 Å². The summed E-state index contributed by atoms with van der Waals surface area (Å²) in [6, 6.07) is 5.72. The normalized spacial score (nSPS) is 14.2. The number of aryl methyl sites for hydroxylation is 1. The van der Waals surface area contributed by atoms with Gasteiger partial charge in [0.2, 0.25) is 5.91 Å². The highest BCUT2D eigenvalue weighted by atomic mass is 32.2. The predicted octanol–water partition coefficient (Wildman–Crippen LogP) is 3.01. The van der Waals surface area contributed by atoms with Gasteiger partial charge in [0.15, 0.2) is 6.61 Å². The Morgan fingerprint density at radius 1 is 1.17 bits per heavy atom. The molecule has 1 saturated carbocycles. The second-order valence-corrected chi connectivity index (χ2v) is 8.19. The standard InChI is InChI=1S/C21H30N2O5S/c1-15-9-10-18(27-3)17(11-15)22-19(24)12-28-21(26)14-29-13-20(25)23(2)16-7-5-4-6-8-16/h9-11,16H,4-8,12-14H2,1-3H3,(H,22,24). The molecule has 0 atom stereocenters. The minimum absolute atomic E-state index is 0.0268. The number of methoxy groups -OCH3 is 1. The van der Waals surface area contributed by atoms with Crippen molar-refractivity contribution in [2.24, 2.45) is 0 Å². The smallest absolute Gasteiger partial charge is 0.316 e. The maximum Gasteiger partial charge on any atom is 0.316 e. The van der Waals surface area contributed by atoms with Gasteiger partial charge < -0.3 is 19.7 Å². The van der Waals surface area contributed by atoms with E-state index in [9.17, 15) is 14.4 Å². The molecule has 0 bridgehead atoms. The van der Waals surface area contributed by atoms with E-state index < -0.39 is 11.9 Å². The summed E-state index contributed by atoms with van der Waals surface area (Å²) in [5, 5.41) is 2.67. The molecule has 1 aliphatic rings. The Labute approximate surface area is 176 Å². The minimum Gasteiger partial charge on any atom is -0.495 e. The quantitative estimate of drug-likeness (QED) is 0.616.